The van der Waals surface area contributed by atoms with Crippen LogP contribution < -0.4 is 5.32 Å². The lowest BCUT2D eigenvalue weighted by Gasteiger charge is -2.37. The fraction of sp³-hybridized carbons (Fsp3) is 0.641. The van der Waals surface area contributed by atoms with Gasteiger partial charge in [0.25, 0.3) is 0 Å². The number of benzene rings is 1. The van der Waals surface area contributed by atoms with Crippen LogP contribution in [-0.4, -0.2) is 70.1 Å². The number of hydrogen-bond acceptors (Lipinski definition) is 9. The summed E-state index contributed by atoms with van der Waals surface area (Å²) in [4.78, 5) is 71.3. The van der Waals surface area contributed by atoms with Gasteiger partial charge in [-0.05, 0) is 55.5 Å². The molecule has 11 heteroatoms. The van der Waals surface area contributed by atoms with Gasteiger partial charge in [-0.25, -0.2) is 4.98 Å². The third kappa shape index (κ3) is 12.1. The molecule has 7 atom stereocenters. The number of carbonyl (C=O) groups excluding carboxylic acids is 4. The highest BCUT2D eigenvalue weighted by atomic mass is 32.1. The predicted molar refractivity (Wildman–Crippen MR) is 195 cm³/mol. The first-order valence-electron chi connectivity index (χ1n) is 18.2. The lowest BCUT2D eigenvalue weighted by molar-refractivity contribution is -0.149. The van der Waals surface area contributed by atoms with Gasteiger partial charge in [-0.2, -0.15) is 0 Å². The van der Waals surface area contributed by atoms with Crippen LogP contribution in [-0.2, 0) is 30.3 Å². The van der Waals surface area contributed by atoms with Crippen molar-refractivity contribution >= 4 is 40.7 Å². The molecule has 276 valence electrons. The summed E-state index contributed by atoms with van der Waals surface area (Å²) < 4.78 is 5.78. The van der Waals surface area contributed by atoms with E-state index in [9.17, 15) is 29.1 Å². The van der Waals surface area contributed by atoms with Crippen LogP contribution in [0.3, 0.4) is 0 Å². The molecule has 1 amide bonds. The number of nitrogens with one attached hydrogen (secondary N) is 1. The molecule has 2 heterocycles. The zero-order chi connectivity index (χ0) is 37.0. The Morgan fingerprint density at radius 2 is 1.74 bits per heavy atom. The van der Waals surface area contributed by atoms with E-state index in [2.05, 4.69) is 10.3 Å². The summed E-state index contributed by atoms with van der Waals surface area (Å²) in [5.74, 6) is -2.89. The van der Waals surface area contributed by atoms with Gasteiger partial charge in [0.2, 0.25) is 5.91 Å². The van der Waals surface area contributed by atoms with Crippen molar-refractivity contribution in [1.82, 2.24) is 15.2 Å². The smallest absolute Gasteiger partial charge is 0.306 e. The van der Waals surface area contributed by atoms with E-state index in [0.29, 0.717) is 17.8 Å². The summed E-state index contributed by atoms with van der Waals surface area (Å²) in [6, 6.07) is 9.15. The molecular formula is C39H57N3O7S. The summed E-state index contributed by atoms with van der Waals surface area (Å²) in [7, 11) is 1.76. The Morgan fingerprint density at radius 1 is 1.04 bits per heavy atom. The molecule has 10 nitrogen and oxygen atoms in total. The van der Waals surface area contributed by atoms with Gasteiger partial charge in [0.1, 0.15) is 10.7 Å². The number of amides is 1. The molecule has 1 aliphatic heterocycles. The first-order chi connectivity index (χ1) is 23.7. The van der Waals surface area contributed by atoms with Crippen LogP contribution in [0.2, 0.25) is 0 Å². The number of piperidine rings is 1. The normalized spacial score (nSPS) is 18.4. The topological polar surface area (TPSA) is 143 Å². The standard InChI is InChI=1S/C39H57N3O7S/c1-8-25(4)30(21-35(45)31-16-12-13-17-40-31)38(46)42(7)33(24(2)3)22-36(49-27(6)43)37-41-32(23-50-37)34(44)20-29(18-26(5)39(47)48)19-28-14-10-9-11-15-28/h9-11,14-15,23-26,29-31,33,36,40H,8,12-13,16-22H2,1-7H3,(H,47,48)/t25-,26-,29+,30-,31+,33+,36+/m0/s1. The van der Waals surface area contributed by atoms with Gasteiger partial charge in [-0.3, -0.25) is 24.0 Å². The third-order valence-electron chi connectivity index (χ3n) is 10.2. The van der Waals surface area contributed by atoms with E-state index in [0.717, 1.165) is 37.8 Å². The minimum Gasteiger partial charge on any atom is -0.481 e. The van der Waals surface area contributed by atoms with Crippen molar-refractivity contribution in [2.75, 3.05) is 13.6 Å². The van der Waals surface area contributed by atoms with Crippen molar-refractivity contribution in [3.8, 4) is 0 Å². The molecule has 0 aliphatic carbocycles. The minimum atomic E-state index is -0.901. The third-order valence-corrected chi connectivity index (χ3v) is 11.1. The number of thiazole rings is 1. The number of carboxylic acids is 1. The largest absolute Gasteiger partial charge is 0.481 e. The second-order valence-corrected chi connectivity index (χ2v) is 15.4. The van der Waals surface area contributed by atoms with Crippen molar-refractivity contribution in [3.05, 3.63) is 52.0 Å². The zero-order valence-electron chi connectivity index (χ0n) is 30.9. The maximum absolute atomic E-state index is 14.1. The molecule has 50 heavy (non-hydrogen) atoms. The fourth-order valence-electron chi connectivity index (χ4n) is 6.94. The van der Waals surface area contributed by atoms with E-state index in [-0.39, 0.29) is 72.3 Å². The number of ketones is 2. The van der Waals surface area contributed by atoms with Gasteiger partial charge in [-0.15, -0.1) is 11.3 Å². The van der Waals surface area contributed by atoms with E-state index in [1.54, 1.807) is 24.3 Å². The van der Waals surface area contributed by atoms with Crippen molar-refractivity contribution in [2.45, 2.75) is 118 Å². The highest BCUT2D eigenvalue weighted by Gasteiger charge is 2.37. The average molecular weight is 712 g/mol. The van der Waals surface area contributed by atoms with Gasteiger partial charge < -0.3 is 20.1 Å². The molecule has 0 unspecified atom stereocenters. The lowest BCUT2D eigenvalue weighted by Crippen LogP contribution is -2.47. The molecule has 1 aromatic carbocycles. The zero-order valence-corrected chi connectivity index (χ0v) is 31.7. The second kappa shape index (κ2) is 19.8. The van der Waals surface area contributed by atoms with Crippen LogP contribution in [0.5, 0.6) is 0 Å². The number of esters is 1. The summed E-state index contributed by atoms with van der Waals surface area (Å²) in [6.45, 7) is 11.9. The van der Waals surface area contributed by atoms with Gasteiger partial charge in [0.15, 0.2) is 17.7 Å². The van der Waals surface area contributed by atoms with Crippen molar-refractivity contribution < 1.29 is 33.8 Å². The molecule has 3 rings (SSSR count). The second-order valence-electron chi connectivity index (χ2n) is 14.5. The Kier molecular flexibility index (Phi) is 16.2. The number of hydrogen-bond donors (Lipinski definition) is 2. The Balaban J connectivity index is 1.80. The van der Waals surface area contributed by atoms with E-state index in [1.165, 1.54) is 18.3 Å². The van der Waals surface area contributed by atoms with Gasteiger partial charge in [0, 0.05) is 50.6 Å². The van der Waals surface area contributed by atoms with Gasteiger partial charge in [0.05, 0.1) is 12.0 Å². The molecular weight excluding hydrogens is 655 g/mol. The SMILES string of the molecule is CC[C@H](C)[C@H](CC(=O)[C@H]1CCCCN1)C(=O)N(C)[C@H](C[C@@H](OC(C)=O)c1nc(C(=O)C[C@@H](Cc2ccccc2)C[C@H](C)C(=O)O)cs1)C(C)C. The number of nitrogens with zero attached hydrogens (tertiary/aromatic N) is 2. The molecule has 1 fully saturated rings. The number of aliphatic carboxylic acids is 1. The van der Waals surface area contributed by atoms with E-state index in [1.807, 2.05) is 58.0 Å². The van der Waals surface area contributed by atoms with Crippen LogP contribution in [0, 0.1) is 29.6 Å². The Bertz CT molecular complexity index is 1420. The van der Waals surface area contributed by atoms with Crippen LogP contribution >= 0.6 is 11.3 Å². The molecule has 2 N–H and O–H groups in total. The number of carboxylic acid groups (broad SMARTS) is 1. The number of rotatable bonds is 20. The monoisotopic (exact) mass is 711 g/mol. The number of carbonyl (C=O) groups is 5. The van der Waals surface area contributed by atoms with Gasteiger partial charge >= 0.3 is 11.9 Å². The average Bonchev–Trinajstić information content (AvgIpc) is 3.59. The van der Waals surface area contributed by atoms with Crippen LogP contribution in [0.4, 0.5) is 0 Å². The molecule has 0 saturated carbocycles. The van der Waals surface area contributed by atoms with Crippen molar-refractivity contribution in [1.29, 1.82) is 0 Å². The van der Waals surface area contributed by atoms with Crippen LogP contribution in [0.25, 0.3) is 0 Å². The highest BCUT2D eigenvalue weighted by Crippen LogP contribution is 2.33. The summed E-state index contributed by atoms with van der Waals surface area (Å²) in [5.41, 5.74) is 1.28. The molecule has 1 saturated heterocycles. The Labute approximate surface area is 301 Å². The van der Waals surface area contributed by atoms with Crippen LogP contribution in [0.15, 0.2) is 35.7 Å². The first kappa shape index (κ1) is 41.0. The molecule has 0 spiro atoms. The van der Waals surface area contributed by atoms with E-state index < -0.39 is 29.9 Å². The fourth-order valence-corrected chi connectivity index (χ4v) is 7.80. The number of Topliss-reactive ketones (excluding diaryl/α,β-unsaturated/α-hetero) is 2. The van der Waals surface area contributed by atoms with E-state index >= 15 is 0 Å². The minimum absolute atomic E-state index is 0.00584. The molecule has 0 radical (unpaired) electrons. The number of ether oxygens (including phenoxy) is 1. The van der Waals surface area contributed by atoms with Crippen molar-refractivity contribution in [2.24, 2.45) is 29.6 Å². The van der Waals surface area contributed by atoms with E-state index in [4.69, 9.17) is 4.74 Å². The quantitative estimate of drug-likeness (QED) is 0.110. The summed E-state index contributed by atoms with van der Waals surface area (Å²) in [6.07, 6.45) is 4.32. The first-order valence-corrected chi connectivity index (χ1v) is 19.0. The van der Waals surface area contributed by atoms with Crippen molar-refractivity contribution in [3.63, 3.8) is 0 Å². The molecule has 0 bridgehead atoms. The molecule has 1 aromatic heterocycles. The maximum Gasteiger partial charge on any atom is 0.306 e. The molecule has 2 aromatic rings. The summed E-state index contributed by atoms with van der Waals surface area (Å²) in [5, 5.41) is 15.0. The predicted octanol–water partition coefficient (Wildman–Crippen LogP) is 6.93. The number of aromatic nitrogens is 1. The lowest BCUT2D eigenvalue weighted by atomic mass is 9.83. The summed E-state index contributed by atoms with van der Waals surface area (Å²) >= 11 is 1.23. The Hall–Kier alpha value is -3.44. The Morgan fingerprint density at radius 3 is 2.32 bits per heavy atom. The van der Waals surface area contributed by atoms with Gasteiger partial charge in [-0.1, -0.05) is 77.8 Å². The highest BCUT2D eigenvalue weighted by molar-refractivity contribution is 7.09. The van der Waals surface area contributed by atoms with Crippen LogP contribution in [0.1, 0.15) is 120 Å². The molecule has 1 aliphatic rings. The maximum atomic E-state index is 14.1.